The lowest BCUT2D eigenvalue weighted by Gasteiger charge is -2.52. The van der Waals surface area contributed by atoms with Crippen LogP contribution in [0.1, 0.15) is 38.2 Å². The lowest BCUT2D eigenvalue weighted by atomic mass is 9.63. The van der Waals surface area contributed by atoms with Gasteiger partial charge in [-0.25, -0.2) is 0 Å². The van der Waals surface area contributed by atoms with E-state index in [1.807, 2.05) is 29.2 Å². The minimum absolute atomic E-state index is 0.0598. The van der Waals surface area contributed by atoms with Gasteiger partial charge in [-0.3, -0.25) is 19.4 Å². The Morgan fingerprint density at radius 1 is 1.35 bits per heavy atom. The molecule has 0 unspecified atom stereocenters. The number of carbonyl (C=O) groups is 2. The quantitative estimate of drug-likeness (QED) is 0.789. The van der Waals surface area contributed by atoms with Crippen LogP contribution < -0.4 is 4.90 Å². The van der Waals surface area contributed by atoms with E-state index in [-0.39, 0.29) is 11.3 Å². The third kappa shape index (κ3) is 1.59. The van der Waals surface area contributed by atoms with Crippen molar-refractivity contribution in [2.75, 3.05) is 18.0 Å². The van der Waals surface area contributed by atoms with Crippen LogP contribution in [0.25, 0.3) is 0 Å². The van der Waals surface area contributed by atoms with Crippen molar-refractivity contribution in [2.45, 2.75) is 43.7 Å². The van der Waals surface area contributed by atoms with Crippen LogP contribution in [0.15, 0.2) is 36.9 Å². The molecule has 0 radical (unpaired) electrons. The van der Waals surface area contributed by atoms with Crippen molar-refractivity contribution in [3.63, 3.8) is 0 Å². The topological polar surface area (TPSA) is 40.6 Å². The van der Waals surface area contributed by atoms with Gasteiger partial charge in [0.1, 0.15) is 11.4 Å². The lowest BCUT2D eigenvalue weighted by Crippen LogP contribution is -2.66. The molecule has 2 atom stereocenters. The molecule has 3 aliphatic rings. The zero-order valence-corrected chi connectivity index (χ0v) is 13.5. The molecule has 1 amide bonds. The Bertz CT molecular complexity index is 713. The first-order chi connectivity index (χ1) is 11.1. The van der Waals surface area contributed by atoms with E-state index in [0.717, 1.165) is 25.2 Å². The third-order valence-corrected chi connectivity index (χ3v) is 6.04. The van der Waals surface area contributed by atoms with Gasteiger partial charge in [0.15, 0.2) is 0 Å². The molecule has 0 bridgehead atoms. The number of likely N-dealkylation sites (tertiary alicyclic amines) is 1. The number of carbonyl (C=O) groups excluding carboxylic acids is 2. The molecule has 1 aromatic rings. The summed E-state index contributed by atoms with van der Waals surface area (Å²) < 4.78 is 0. The van der Waals surface area contributed by atoms with Gasteiger partial charge in [-0.05, 0) is 24.5 Å². The minimum atomic E-state index is -0.398. The molecule has 4 nitrogen and oxygen atoms in total. The Labute approximate surface area is 136 Å². The van der Waals surface area contributed by atoms with E-state index in [9.17, 15) is 9.59 Å². The van der Waals surface area contributed by atoms with Gasteiger partial charge < -0.3 is 0 Å². The highest BCUT2D eigenvalue weighted by atomic mass is 16.2. The van der Waals surface area contributed by atoms with Gasteiger partial charge in [0.25, 0.3) is 0 Å². The van der Waals surface area contributed by atoms with E-state index >= 15 is 0 Å². The second kappa shape index (κ2) is 4.78. The molecule has 23 heavy (non-hydrogen) atoms. The van der Waals surface area contributed by atoms with E-state index in [0.29, 0.717) is 25.0 Å². The Morgan fingerprint density at radius 2 is 2.13 bits per heavy atom. The maximum atomic E-state index is 12.6. The molecule has 2 heterocycles. The minimum Gasteiger partial charge on any atom is -0.300 e. The average molecular weight is 310 g/mol. The second-order valence-electron chi connectivity index (χ2n) is 6.97. The van der Waals surface area contributed by atoms with Gasteiger partial charge in [0, 0.05) is 44.0 Å². The highest BCUT2D eigenvalue weighted by molar-refractivity contribution is 5.99. The number of para-hydroxylation sites is 1. The molecule has 1 saturated heterocycles. The molecule has 4 rings (SSSR count). The largest absolute Gasteiger partial charge is 0.300 e. The number of amides is 1. The van der Waals surface area contributed by atoms with Gasteiger partial charge in [-0.2, -0.15) is 0 Å². The van der Waals surface area contributed by atoms with Crippen LogP contribution in [0.2, 0.25) is 0 Å². The Kier molecular flexibility index (Phi) is 3.04. The highest BCUT2D eigenvalue weighted by Gasteiger charge is 2.70. The summed E-state index contributed by atoms with van der Waals surface area (Å²) in [6.45, 7) is 7.18. The van der Waals surface area contributed by atoms with Gasteiger partial charge >= 0.3 is 0 Å². The van der Waals surface area contributed by atoms with E-state index in [4.69, 9.17) is 0 Å². The van der Waals surface area contributed by atoms with E-state index in [1.165, 1.54) is 5.56 Å². The number of rotatable bonds is 2. The van der Waals surface area contributed by atoms with Crippen molar-refractivity contribution in [3.05, 3.63) is 42.5 Å². The standard InChI is InChI=1S/C19H22N2O2/c1-3-11-20-12-10-18-13-15(23)8-9-19(18,20)21(14(2)22)17-7-5-4-6-16(17)18/h3-7H,1,8-13H2,2H3/t18-,19-/m1/s1. The van der Waals surface area contributed by atoms with Gasteiger partial charge in [-0.15, -0.1) is 6.58 Å². The van der Waals surface area contributed by atoms with Crippen LogP contribution in [0.5, 0.6) is 0 Å². The number of fused-ring (bicyclic) bond motifs is 1. The zero-order chi connectivity index (χ0) is 16.2. The SMILES string of the molecule is C=CCN1CC[C@]23CC(=O)CC[C@]12N(C(C)=O)c1ccccc13. The molecule has 1 aromatic carbocycles. The summed E-state index contributed by atoms with van der Waals surface area (Å²) >= 11 is 0. The fourth-order valence-corrected chi connectivity index (χ4v) is 5.39. The normalized spacial score (nSPS) is 32.4. The predicted molar refractivity (Wildman–Crippen MR) is 89.3 cm³/mol. The second-order valence-corrected chi connectivity index (χ2v) is 6.97. The molecule has 4 heteroatoms. The van der Waals surface area contributed by atoms with E-state index in [1.54, 1.807) is 6.92 Å². The van der Waals surface area contributed by atoms with Crippen LogP contribution in [-0.4, -0.2) is 35.3 Å². The smallest absolute Gasteiger partial charge is 0.225 e. The summed E-state index contributed by atoms with van der Waals surface area (Å²) in [5.41, 5.74) is 1.51. The number of anilines is 1. The molecule has 0 spiro atoms. The Balaban J connectivity index is 2.00. The first-order valence-electron chi connectivity index (χ1n) is 8.35. The van der Waals surface area contributed by atoms with Crippen LogP contribution in [0, 0.1) is 0 Å². The van der Waals surface area contributed by atoms with Gasteiger partial charge in [0.05, 0.1) is 0 Å². The van der Waals surface area contributed by atoms with Crippen LogP contribution >= 0.6 is 0 Å². The molecule has 2 aliphatic heterocycles. The Hall–Kier alpha value is -1.94. The first-order valence-corrected chi connectivity index (χ1v) is 8.35. The molecule has 1 aliphatic carbocycles. The highest BCUT2D eigenvalue weighted by Crippen LogP contribution is 2.63. The summed E-state index contributed by atoms with van der Waals surface area (Å²) in [7, 11) is 0. The van der Waals surface area contributed by atoms with E-state index < -0.39 is 5.66 Å². The van der Waals surface area contributed by atoms with Gasteiger partial charge in [0.2, 0.25) is 5.91 Å². The molecule has 2 fully saturated rings. The first kappa shape index (κ1) is 14.6. The van der Waals surface area contributed by atoms with E-state index in [2.05, 4.69) is 17.5 Å². The summed E-state index contributed by atoms with van der Waals surface area (Å²) in [6, 6.07) is 8.15. The fraction of sp³-hybridized carbons (Fsp3) is 0.474. The summed E-state index contributed by atoms with van der Waals surface area (Å²) in [4.78, 5) is 29.3. The Morgan fingerprint density at radius 3 is 2.87 bits per heavy atom. The molecule has 0 aromatic heterocycles. The predicted octanol–water partition coefficient (Wildman–Crippen LogP) is 2.63. The van der Waals surface area contributed by atoms with Crippen LogP contribution in [0.3, 0.4) is 0 Å². The number of hydrogen-bond acceptors (Lipinski definition) is 3. The van der Waals surface area contributed by atoms with Crippen molar-refractivity contribution in [1.82, 2.24) is 4.90 Å². The third-order valence-electron chi connectivity index (χ3n) is 6.04. The van der Waals surface area contributed by atoms with Crippen molar-refractivity contribution in [3.8, 4) is 0 Å². The number of nitrogens with zero attached hydrogens (tertiary/aromatic N) is 2. The zero-order valence-electron chi connectivity index (χ0n) is 13.5. The number of benzene rings is 1. The molecule has 120 valence electrons. The fourth-order valence-electron chi connectivity index (χ4n) is 5.39. The maximum absolute atomic E-state index is 12.6. The monoisotopic (exact) mass is 310 g/mol. The number of hydrogen-bond donors (Lipinski definition) is 0. The van der Waals surface area contributed by atoms with Crippen molar-refractivity contribution in [2.24, 2.45) is 0 Å². The summed E-state index contributed by atoms with van der Waals surface area (Å²) in [6.07, 6.45) is 4.64. The van der Waals surface area contributed by atoms with Crippen molar-refractivity contribution in [1.29, 1.82) is 0 Å². The molecule has 0 N–H and O–H groups in total. The average Bonchev–Trinajstić information content (AvgIpc) is 2.97. The molecular formula is C19H22N2O2. The lowest BCUT2D eigenvalue weighted by molar-refractivity contribution is -0.128. The van der Waals surface area contributed by atoms with Gasteiger partial charge in [-0.1, -0.05) is 24.3 Å². The van der Waals surface area contributed by atoms with Crippen LogP contribution in [0.4, 0.5) is 5.69 Å². The van der Waals surface area contributed by atoms with Crippen LogP contribution in [-0.2, 0) is 15.0 Å². The summed E-state index contributed by atoms with van der Waals surface area (Å²) in [5.74, 6) is 0.380. The molecule has 1 saturated carbocycles. The molecular weight excluding hydrogens is 288 g/mol. The number of Topliss-reactive ketones (excluding diaryl/α,β-unsaturated/α-hetero) is 1. The van der Waals surface area contributed by atoms with Crippen molar-refractivity contribution < 1.29 is 9.59 Å². The summed E-state index contributed by atoms with van der Waals surface area (Å²) in [5, 5.41) is 0. The number of ketones is 1. The maximum Gasteiger partial charge on any atom is 0.225 e. The van der Waals surface area contributed by atoms with Crippen molar-refractivity contribution >= 4 is 17.4 Å².